The van der Waals surface area contributed by atoms with E-state index in [2.05, 4.69) is 4.98 Å². The summed E-state index contributed by atoms with van der Waals surface area (Å²) in [6.45, 7) is 0. The highest BCUT2D eigenvalue weighted by Gasteiger charge is 2.16. The van der Waals surface area contributed by atoms with Crippen molar-refractivity contribution >= 4 is 28.3 Å². The molecule has 96 valence electrons. The molecule has 0 unspecified atom stereocenters. The molecule has 0 aliphatic rings. The summed E-state index contributed by atoms with van der Waals surface area (Å²) in [4.78, 5) is 4.33. The molecule has 0 bridgehead atoms. The fourth-order valence-electron chi connectivity index (χ4n) is 2.18. The van der Waals surface area contributed by atoms with Gasteiger partial charge in [0, 0.05) is 12.7 Å². The lowest BCUT2D eigenvalue weighted by Crippen LogP contribution is -1.97. The number of hydrogen-bond acceptors (Lipinski definition) is 2. The van der Waals surface area contributed by atoms with Crippen molar-refractivity contribution in [1.82, 2.24) is 9.55 Å². The van der Waals surface area contributed by atoms with Crippen LogP contribution in [0.1, 0.15) is 0 Å². The van der Waals surface area contributed by atoms with Crippen LogP contribution in [0.15, 0.2) is 36.4 Å². The van der Waals surface area contributed by atoms with E-state index in [9.17, 15) is 4.39 Å². The van der Waals surface area contributed by atoms with Gasteiger partial charge in [0.15, 0.2) is 5.82 Å². The lowest BCUT2D eigenvalue weighted by atomic mass is 10.1. The maximum atomic E-state index is 13.8. The summed E-state index contributed by atoms with van der Waals surface area (Å²) in [6, 6.07) is 10.1. The van der Waals surface area contributed by atoms with Crippen LogP contribution in [0.3, 0.4) is 0 Å². The number of nitrogens with zero attached hydrogens (tertiary/aromatic N) is 2. The highest BCUT2D eigenvalue weighted by Crippen LogP contribution is 2.34. The molecular formula is C14H11ClFN3. The van der Waals surface area contributed by atoms with Gasteiger partial charge in [-0.05, 0) is 24.3 Å². The molecule has 3 nitrogen and oxygen atoms in total. The van der Waals surface area contributed by atoms with Gasteiger partial charge in [0.05, 0.1) is 16.1 Å². The Balaban J connectivity index is 2.38. The van der Waals surface area contributed by atoms with Crippen LogP contribution in [0.5, 0.6) is 0 Å². The number of aromatic nitrogens is 2. The number of imidazole rings is 1. The van der Waals surface area contributed by atoms with Gasteiger partial charge in [-0.1, -0.05) is 23.7 Å². The Morgan fingerprint density at radius 3 is 2.63 bits per heavy atom. The van der Waals surface area contributed by atoms with E-state index in [1.165, 1.54) is 6.07 Å². The van der Waals surface area contributed by atoms with Gasteiger partial charge in [-0.3, -0.25) is 0 Å². The van der Waals surface area contributed by atoms with Crippen molar-refractivity contribution in [3.05, 3.63) is 47.2 Å². The molecule has 3 rings (SSSR count). The quantitative estimate of drug-likeness (QED) is 0.690. The third kappa shape index (κ3) is 1.76. The molecule has 0 spiro atoms. The minimum atomic E-state index is -0.357. The first-order valence-electron chi connectivity index (χ1n) is 5.75. The number of rotatable bonds is 1. The summed E-state index contributed by atoms with van der Waals surface area (Å²) in [5.74, 6) is 0.202. The van der Waals surface area contributed by atoms with Crippen LogP contribution < -0.4 is 5.73 Å². The second kappa shape index (κ2) is 4.24. The summed E-state index contributed by atoms with van der Waals surface area (Å²) in [5.41, 5.74) is 8.12. The fraction of sp³-hybridized carbons (Fsp3) is 0.0714. The summed E-state index contributed by atoms with van der Waals surface area (Å²) < 4.78 is 15.5. The number of halogens is 2. The molecule has 2 aromatic carbocycles. The highest BCUT2D eigenvalue weighted by atomic mass is 35.5. The smallest absolute Gasteiger partial charge is 0.151 e. The molecule has 0 aliphatic carbocycles. The Kier molecular flexibility index (Phi) is 2.68. The van der Waals surface area contributed by atoms with E-state index in [4.69, 9.17) is 17.3 Å². The number of hydrogen-bond donors (Lipinski definition) is 1. The van der Waals surface area contributed by atoms with Gasteiger partial charge in [-0.15, -0.1) is 0 Å². The maximum Gasteiger partial charge on any atom is 0.151 e. The predicted molar refractivity (Wildman–Crippen MR) is 75.5 cm³/mol. The largest absolute Gasteiger partial charge is 0.398 e. The second-order valence-corrected chi connectivity index (χ2v) is 4.71. The number of benzene rings is 2. The summed E-state index contributed by atoms with van der Waals surface area (Å²) >= 11 is 6.18. The third-order valence-electron chi connectivity index (χ3n) is 3.13. The number of aryl methyl sites for hydroxylation is 1. The zero-order chi connectivity index (χ0) is 13.6. The molecule has 5 heteroatoms. The molecule has 0 saturated heterocycles. The lowest BCUT2D eigenvalue weighted by Gasteiger charge is -2.07. The van der Waals surface area contributed by atoms with Gasteiger partial charge in [0.2, 0.25) is 0 Å². The highest BCUT2D eigenvalue weighted by molar-refractivity contribution is 6.33. The second-order valence-electron chi connectivity index (χ2n) is 4.31. The van der Waals surface area contributed by atoms with Crippen molar-refractivity contribution in [2.45, 2.75) is 0 Å². The van der Waals surface area contributed by atoms with Gasteiger partial charge in [-0.25, -0.2) is 9.37 Å². The Labute approximate surface area is 114 Å². The van der Waals surface area contributed by atoms with Gasteiger partial charge in [0.1, 0.15) is 11.3 Å². The van der Waals surface area contributed by atoms with Crippen molar-refractivity contribution in [2.24, 2.45) is 7.05 Å². The molecule has 1 heterocycles. The molecule has 0 amide bonds. The standard InChI is InChI=1S/C14H11ClFN3/c1-19-11-7-3-5-9(16)13(11)18-14(19)12-8(15)4-2-6-10(12)17/h2-7H,17H2,1H3. The van der Waals surface area contributed by atoms with E-state index in [1.54, 1.807) is 28.8 Å². The number of para-hydroxylation sites is 1. The van der Waals surface area contributed by atoms with Crippen LogP contribution in [0.2, 0.25) is 5.02 Å². The molecule has 0 aliphatic heterocycles. The third-order valence-corrected chi connectivity index (χ3v) is 3.45. The predicted octanol–water partition coefficient (Wildman–Crippen LogP) is 3.62. The minimum Gasteiger partial charge on any atom is -0.398 e. The Hall–Kier alpha value is -2.07. The van der Waals surface area contributed by atoms with Gasteiger partial charge >= 0.3 is 0 Å². The van der Waals surface area contributed by atoms with Crippen LogP contribution in [-0.4, -0.2) is 9.55 Å². The zero-order valence-electron chi connectivity index (χ0n) is 10.2. The molecule has 0 radical (unpaired) electrons. The molecule has 1 aromatic heterocycles. The Morgan fingerprint density at radius 1 is 1.21 bits per heavy atom. The van der Waals surface area contributed by atoms with Crippen LogP contribution in [0.25, 0.3) is 22.4 Å². The van der Waals surface area contributed by atoms with Crippen LogP contribution in [0, 0.1) is 5.82 Å². The van der Waals surface area contributed by atoms with E-state index >= 15 is 0 Å². The number of fused-ring (bicyclic) bond motifs is 1. The van der Waals surface area contributed by atoms with E-state index < -0.39 is 0 Å². The topological polar surface area (TPSA) is 43.8 Å². The number of nitrogen functional groups attached to an aromatic ring is 1. The van der Waals surface area contributed by atoms with E-state index in [1.807, 2.05) is 13.1 Å². The average molecular weight is 276 g/mol. The first-order valence-corrected chi connectivity index (χ1v) is 6.12. The van der Waals surface area contributed by atoms with Crippen molar-refractivity contribution in [3.63, 3.8) is 0 Å². The lowest BCUT2D eigenvalue weighted by molar-refractivity contribution is 0.637. The van der Waals surface area contributed by atoms with Gasteiger partial charge in [0.25, 0.3) is 0 Å². The SMILES string of the molecule is Cn1c(-c2c(N)cccc2Cl)nc2c(F)cccc21. The number of anilines is 1. The van der Waals surface area contributed by atoms with Crippen molar-refractivity contribution < 1.29 is 4.39 Å². The van der Waals surface area contributed by atoms with Gasteiger partial charge < -0.3 is 10.3 Å². The average Bonchev–Trinajstić information content (AvgIpc) is 2.69. The Morgan fingerprint density at radius 2 is 1.95 bits per heavy atom. The minimum absolute atomic E-state index is 0.319. The Bertz CT molecular complexity index is 759. The van der Waals surface area contributed by atoms with E-state index in [-0.39, 0.29) is 5.82 Å². The van der Waals surface area contributed by atoms with Crippen LogP contribution in [0.4, 0.5) is 10.1 Å². The molecule has 0 saturated carbocycles. The first kappa shape index (κ1) is 12.0. The molecule has 2 N–H and O–H groups in total. The molecule has 3 aromatic rings. The normalized spacial score (nSPS) is 11.1. The summed E-state index contributed by atoms with van der Waals surface area (Å²) in [6.07, 6.45) is 0. The van der Waals surface area contributed by atoms with E-state index in [0.717, 1.165) is 0 Å². The zero-order valence-corrected chi connectivity index (χ0v) is 10.9. The van der Waals surface area contributed by atoms with Gasteiger partial charge in [-0.2, -0.15) is 0 Å². The molecule has 19 heavy (non-hydrogen) atoms. The molecular weight excluding hydrogens is 265 g/mol. The van der Waals surface area contributed by atoms with E-state index in [0.29, 0.717) is 33.1 Å². The fourth-order valence-corrected chi connectivity index (χ4v) is 2.45. The molecule has 0 fully saturated rings. The van der Waals surface area contributed by atoms with Crippen molar-refractivity contribution in [2.75, 3.05) is 5.73 Å². The van der Waals surface area contributed by atoms with Crippen molar-refractivity contribution in [3.8, 4) is 11.4 Å². The van der Waals surface area contributed by atoms with Crippen LogP contribution in [-0.2, 0) is 7.05 Å². The number of nitrogens with two attached hydrogens (primary N) is 1. The summed E-state index contributed by atoms with van der Waals surface area (Å²) in [7, 11) is 1.81. The van der Waals surface area contributed by atoms with Crippen LogP contribution >= 0.6 is 11.6 Å². The maximum absolute atomic E-state index is 13.8. The monoisotopic (exact) mass is 275 g/mol. The first-order chi connectivity index (χ1) is 9.09. The summed E-state index contributed by atoms with van der Waals surface area (Å²) in [5, 5.41) is 0.499. The van der Waals surface area contributed by atoms with Crippen molar-refractivity contribution in [1.29, 1.82) is 0 Å². The molecule has 0 atom stereocenters.